The van der Waals surface area contributed by atoms with Crippen LogP contribution in [0.5, 0.6) is 0 Å². The van der Waals surface area contributed by atoms with Gasteiger partial charge in [0.05, 0.1) is 6.54 Å². The van der Waals surface area contributed by atoms with Gasteiger partial charge < -0.3 is 10.4 Å². The average Bonchev–Trinajstić information content (AvgIpc) is 2.34. The number of benzene rings is 1. The van der Waals surface area contributed by atoms with Crippen LogP contribution in [0.25, 0.3) is 0 Å². The Bertz CT molecular complexity index is 442. The van der Waals surface area contributed by atoms with E-state index in [1.54, 1.807) is 6.92 Å². The lowest BCUT2D eigenvalue weighted by Crippen LogP contribution is -2.38. The van der Waals surface area contributed by atoms with Crippen molar-refractivity contribution >= 4 is 5.91 Å². The fraction of sp³-hybridized carbons (Fsp3) is 0.438. The van der Waals surface area contributed by atoms with Gasteiger partial charge in [-0.05, 0) is 24.0 Å². The number of amides is 1. The average molecular weight is 261 g/mol. The highest BCUT2D eigenvalue weighted by molar-refractivity contribution is 5.87. The third-order valence-electron chi connectivity index (χ3n) is 2.74. The molecule has 1 aromatic rings. The van der Waals surface area contributed by atoms with E-state index < -0.39 is 5.60 Å². The van der Waals surface area contributed by atoms with E-state index in [9.17, 15) is 9.90 Å². The third-order valence-corrected chi connectivity index (χ3v) is 2.74. The molecule has 0 spiro atoms. The number of carbonyl (C=O) groups is 1. The van der Waals surface area contributed by atoms with Crippen molar-refractivity contribution < 1.29 is 9.90 Å². The fourth-order valence-electron chi connectivity index (χ4n) is 1.54. The second-order valence-electron chi connectivity index (χ2n) is 6.06. The maximum Gasteiger partial charge on any atom is 0.243 e. The fourth-order valence-corrected chi connectivity index (χ4v) is 1.54. The summed E-state index contributed by atoms with van der Waals surface area (Å²) in [5.74, 6) is -0.189. The Kier molecular flexibility index (Phi) is 4.90. The van der Waals surface area contributed by atoms with Crippen LogP contribution in [0.3, 0.4) is 0 Å². The zero-order valence-corrected chi connectivity index (χ0v) is 12.1. The minimum absolute atomic E-state index is 0.0285. The molecule has 1 atom stereocenters. The summed E-state index contributed by atoms with van der Waals surface area (Å²) in [6, 6.07) is 9.31. The van der Waals surface area contributed by atoms with Gasteiger partial charge in [0.15, 0.2) is 0 Å². The molecule has 1 unspecified atom stereocenters. The largest absolute Gasteiger partial charge is 0.384 e. The van der Waals surface area contributed by atoms with E-state index in [2.05, 4.69) is 5.32 Å². The molecule has 0 saturated carbocycles. The van der Waals surface area contributed by atoms with Gasteiger partial charge in [0.1, 0.15) is 5.60 Å². The topological polar surface area (TPSA) is 49.3 Å². The number of hydrogen-bond acceptors (Lipinski definition) is 2. The van der Waals surface area contributed by atoms with Crippen LogP contribution in [0.1, 0.15) is 33.3 Å². The molecular formula is C16H23NO2. The Balaban J connectivity index is 2.57. The van der Waals surface area contributed by atoms with E-state index in [1.165, 1.54) is 6.08 Å². The molecule has 0 saturated heterocycles. The van der Waals surface area contributed by atoms with Crippen LogP contribution in [0.2, 0.25) is 0 Å². The number of nitrogens with one attached hydrogen (secondary N) is 1. The van der Waals surface area contributed by atoms with Crippen LogP contribution in [0, 0.1) is 5.41 Å². The van der Waals surface area contributed by atoms with Gasteiger partial charge in [0.25, 0.3) is 0 Å². The van der Waals surface area contributed by atoms with Crippen molar-refractivity contribution in [1.82, 2.24) is 5.32 Å². The number of allylic oxidation sites excluding steroid dienone is 1. The van der Waals surface area contributed by atoms with Gasteiger partial charge in [0.2, 0.25) is 5.91 Å². The summed E-state index contributed by atoms with van der Waals surface area (Å²) in [7, 11) is 0. The molecule has 2 N–H and O–H groups in total. The molecule has 0 bridgehead atoms. The smallest absolute Gasteiger partial charge is 0.243 e. The van der Waals surface area contributed by atoms with Gasteiger partial charge in [-0.1, -0.05) is 57.2 Å². The summed E-state index contributed by atoms with van der Waals surface area (Å²) in [6.07, 6.45) is 3.36. The van der Waals surface area contributed by atoms with Gasteiger partial charge in [-0.15, -0.1) is 0 Å². The summed E-state index contributed by atoms with van der Waals surface area (Å²) in [6.45, 7) is 7.95. The lowest BCUT2D eigenvalue weighted by atomic mass is 9.95. The predicted molar refractivity (Wildman–Crippen MR) is 77.6 cm³/mol. The van der Waals surface area contributed by atoms with Gasteiger partial charge in [-0.2, -0.15) is 0 Å². The summed E-state index contributed by atoms with van der Waals surface area (Å²) in [5, 5.41) is 13.0. The number of hydrogen-bond donors (Lipinski definition) is 2. The van der Waals surface area contributed by atoms with Crippen molar-refractivity contribution in [3.63, 3.8) is 0 Å². The minimum Gasteiger partial charge on any atom is -0.384 e. The lowest BCUT2D eigenvalue weighted by molar-refractivity contribution is -0.117. The first-order chi connectivity index (χ1) is 8.71. The number of carbonyl (C=O) groups excluding carboxylic acids is 1. The first-order valence-corrected chi connectivity index (χ1v) is 6.46. The van der Waals surface area contributed by atoms with Crippen LogP contribution in [-0.2, 0) is 10.4 Å². The van der Waals surface area contributed by atoms with Gasteiger partial charge in [-0.3, -0.25) is 4.79 Å². The van der Waals surface area contributed by atoms with Crippen molar-refractivity contribution in [2.45, 2.75) is 33.3 Å². The molecule has 0 aliphatic heterocycles. The molecule has 3 nitrogen and oxygen atoms in total. The molecule has 0 heterocycles. The molecular weight excluding hydrogens is 238 g/mol. The Morgan fingerprint density at radius 3 is 2.32 bits per heavy atom. The van der Waals surface area contributed by atoms with Gasteiger partial charge in [0, 0.05) is 0 Å². The quantitative estimate of drug-likeness (QED) is 0.819. The Morgan fingerprint density at radius 2 is 1.79 bits per heavy atom. The normalized spacial score (nSPS) is 15.2. The van der Waals surface area contributed by atoms with E-state index in [4.69, 9.17) is 0 Å². The predicted octanol–water partition coefficient (Wildman–Crippen LogP) is 2.61. The number of rotatable bonds is 4. The zero-order chi connectivity index (χ0) is 14.5. The lowest BCUT2D eigenvalue weighted by Gasteiger charge is -2.24. The van der Waals surface area contributed by atoms with Crippen LogP contribution < -0.4 is 5.32 Å². The molecule has 0 aliphatic carbocycles. The highest BCUT2D eigenvalue weighted by atomic mass is 16.3. The molecule has 1 amide bonds. The Labute approximate surface area is 115 Å². The summed E-state index contributed by atoms with van der Waals surface area (Å²) in [5.41, 5.74) is -0.304. The van der Waals surface area contributed by atoms with Crippen LogP contribution in [0.15, 0.2) is 42.5 Å². The summed E-state index contributed by atoms with van der Waals surface area (Å²) >= 11 is 0. The molecule has 3 heteroatoms. The molecule has 104 valence electrons. The minimum atomic E-state index is -1.06. The van der Waals surface area contributed by atoms with Crippen LogP contribution in [-0.4, -0.2) is 17.6 Å². The van der Waals surface area contributed by atoms with E-state index >= 15 is 0 Å². The Hall–Kier alpha value is -1.61. The molecule has 1 aromatic carbocycles. The van der Waals surface area contributed by atoms with Crippen molar-refractivity contribution in [2.75, 3.05) is 6.54 Å². The van der Waals surface area contributed by atoms with Crippen molar-refractivity contribution in [2.24, 2.45) is 5.41 Å². The Morgan fingerprint density at radius 1 is 1.21 bits per heavy atom. The standard InChI is InChI=1S/C16H23NO2/c1-15(2,3)11-10-14(18)17-12-16(4,19)13-8-6-5-7-9-13/h5-11,19H,12H2,1-4H3,(H,17,18). The van der Waals surface area contributed by atoms with E-state index in [0.717, 1.165) is 5.56 Å². The highest BCUT2D eigenvalue weighted by Crippen LogP contribution is 2.19. The molecule has 0 aliphatic rings. The molecule has 0 fully saturated rings. The monoisotopic (exact) mass is 261 g/mol. The summed E-state index contributed by atoms with van der Waals surface area (Å²) in [4.78, 5) is 11.7. The van der Waals surface area contributed by atoms with Crippen molar-refractivity contribution in [3.05, 3.63) is 48.0 Å². The first kappa shape index (κ1) is 15.4. The molecule has 0 aromatic heterocycles. The van der Waals surface area contributed by atoms with Gasteiger partial charge >= 0.3 is 0 Å². The van der Waals surface area contributed by atoms with Crippen LogP contribution in [0.4, 0.5) is 0 Å². The van der Waals surface area contributed by atoms with Crippen LogP contribution >= 0.6 is 0 Å². The first-order valence-electron chi connectivity index (χ1n) is 6.46. The third kappa shape index (κ3) is 5.71. The summed E-state index contributed by atoms with van der Waals surface area (Å²) < 4.78 is 0. The number of aliphatic hydroxyl groups is 1. The van der Waals surface area contributed by atoms with E-state index in [1.807, 2.05) is 57.2 Å². The van der Waals surface area contributed by atoms with E-state index in [-0.39, 0.29) is 17.9 Å². The maximum absolute atomic E-state index is 11.7. The molecule has 1 rings (SSSR count). The highest BCUT2D eigenvalue weighted by Gasteiger charge is 2.22. The second kappa shape index (κ2) is 6.02. The molecule has 0 radical (unpaired) electrons. The van der Waals surface area contributed by atoms with Crippen molar-refractivity contribution in [3.8, 4) is 0 Å². The maximum atomic E-state index is 11.7. The zero-order valence-electron chi connectivity index (χ0n) is 12.1. The molecule has 19 heavy (non-hydrogen) atoms. The second-order valence-corrected chi connectivity index (χ2v) is 6.06. The SMILES string of the molecule is CC(C)(C)C=CC(=O)NCC(C)(O)c1ccccc1. The van der Waals surface area contributed by atoms with Crippen molar-refractivity contribution in [1.29, 1.82) is 0 Å². The van der Waals surface area contributed by atoms with Gasteiger partial charge in [-0.25, -0.2) is 0 Å². The van der Waals surface area contributed by atoms with E-state index in [0.29, 0.717) is 0 Å².